The van der Waals surface area contributed by atoms with Gasteiger partial charge in [-0.05, 0) is 31.2 Å². The van der Waals surface area contributed by atoms with Gasteiger partial charge in [-0.25, -0.2) is 4.98 Å². The lowest BCUT2D eigenvalue weighted by Gasteiger charge is -2.27. The molecule has 0 radical (unpaired) electrons. The van der Waals surface area contributed by atoms with Crippen molar-refractivity contribution in [1.82, 2.24) is 9.88 Å². The predicted molar refractivity (Wildman–Crippen MR) is 86.3 cm³/mol. The molecule has 114 valence electrons. The van der Waals surface area contributed by atoms with Gasteiger partial charge in [0.2, 0.25) is 0 Å². The number of nitrogens with zero attached hydrogens (tertiary/aromatic N) is 2. The molecule has 0 aliphatic carbocycles. The predicted octanol–water partition coefficient (Wildman–Crippen LogP) is 3.01. The highest BCUT2D eigenvalue weighted by Crippen LogP contribution is 2.29. The Morgan fingerprint density at radius 1 is 1.18 bits per heavy atom. The van der Waals surface area contributed by atoms with Crippen LogP contribution >= 0.6 is 11.8 Å². The number of rotatable bonds is 3. The van der Waals surface area contributed by atoms with Gasteiger partial charge in [-0.3, -0.25) is 4.79 Å². The highest BCUT2D eigenvalue weighted by molar-refractivity contribution is 7.99. The SMILES string of the molecule is Cc1ccc(Sc2ncccc2C(=O)N2CCOCC2)cc1. The second kappa shape index (κ2) is 6.94. The summed E-state index contributed by atoms with van der Waals surface area (Å²) in [6.45, 7) is 4.55. The lowest BCUT2D eigenvalue weighted by molar-refractivity contribution is 0.0300. The fourth-order valence-corrected chi connectivity index (χ4v) is 3.16. The van der Waals surface area contributed by atoms with E-state index in [2.05, 4.69) is 36.2 Å². The Bertz CT molecular complexity index is 652. The van der Waals surface area contributed by atoms with Gasteiger partial charge in [-0.2, -0.15) is 0 Å². The summed E-state index contributed by atoms with van der Waals surface area (Å²) in [7, 11) is 0. The van der Waals surface area contributed by atoms with E-state index in [9.17, 15) is 4.79 Å². The highest BCUT2D eigenvalue weighted by Gasteiger charge is 2.21. The number of benzene rings is 1. The van der Waals surface area contributed by atoms with E-state index in [-0.39, 0.29) is 5.91 Å². The van der Waals surface area contributed by atoms with Gasteiger partial charge in [0.05, 0.1) is 18.8 Å². The Labute approximate surface area is 134 Å². The molecule has 1 aromatic heterocycles. The molecule has 4 nitrogen and oxygen atoms in total. The van der Waals surface area contributed by atoms with Crippen molar-refractivity contribution in [2.24, 2.45) is 0 Å². The van der Waals surface area contributed by atoms with Crippen molar-refractivity contribution in [2.45, 2.75) is 16.8 Å². The Hall–Kier alpha value is -1.85. The van der Waals surface area contributed by atoms with E-state index >= 15 is 0 Å². The van der Waals surface area contributed by atoms with Gasteiger partial charge < -0.3 is 9.64 Å². The zero-order chi connectivity index (χ0) is 15.4. The van der Waals surface area contributed by atoms with Crippen LogP contribution in [-0.2, 0) is 4.74 Å². The van der Waals surface area contributed by atoms with E-state index in [1.54, 1.807) is 6.20 Å². The second-order valence-corrected chi connectivity index (χ2v) is 6.24. The largest absolute Gasteiger partial charge is 0.378 e. The fraction of sp³-hybridized carbons (Fsp3) is 0.294. The van der Waals surface area contributed by atoms with Crippen LogP contribution in [0.2, 0.25) is 0 Å². The van der Waals surface area contributed by atoms with Gasteiger partial charge >= 0.3 is 0 Å². The minimum atomic E-state index is 0.0333. The Morgan fingerprint density at radius 2 is 1.91 bits per heavy atom. The minimum absolute atomic E-state index is 0.0333. The average Bonchev–Trinajstić information content (AvgIpc) is 2.58. The molecule has 1 aromatic carbocycles. The number of aromatic nitrogens is 1. The molecule has 1 aliphatic rings. The number of amides is 1. The van der Waals surface area contributed by atoms with Crippen molar-refractivity contribution < 1.29 is 9.53 Å². The third-order valence-electron chi connectivity index (χ3n) is 3.54. The molecule has 0 bridgehead atoms. The number of carbonyl (C=O) groups excluding carboxylic acids is 1. The number of morpholine rings is 1. The van der Waals surface area contributed by atoms with Crippen LogP contribution in [0, 0.1) is 6.92 Å². The summed E-state index contributed by atoms with van der Waals surface area (Å²) in [4.78, 5) is 20.0. The number of aryl methyl sites for hydroxylation is 1. The summed E-state index contributed by atoms with van der Waals surface area (Å²) >= 11 is 1.53. The maximum absolute atomic E-state index is 12.7. The third-order valence-corrected chi connectivity index (χ3v) is 4.56. The molecule has 0 unspecified atom stereocenters. The van der Waals surface area contributed by atoms with Crippen LogP contribution in [0.15, 0.2) is 52.5 Å². The second-order valence-electron chi connectivity index (χ2n) is 5.18. The summed E-state index contributed by atoms with van der Waals surface area (Å²) in [5.74, 6) is 0.0333. The standard InChI is InChI=1S/C17H18N2O2S/c1-13-4-6-14(7-5-13)22-16-15(3-2-8-18-16)17(20)19-9-11-21-12-10-19/h2-8H,9-12H2,1H3. The van der Waals surface area contributed by atoms with Crippen molar-refractivity contribution in [3.05, 3.63) is 53.7 Å². The first-order chi connectivity index (χ1) is 10.7. The molecular weight excluding hydrogens is 296 g/mol. The first-order valence-corrected chi connectivity index (χ1v) is 8.12. The van der Waals surface area contributed by atoms with Gasteiger partial charge in [-0.1, -0.05) is 29.5 Å². The van der Waals surface area contributed by atoms with E-state index in [0.717, 1.165) is 9.92 Å². The quantitative estimate of drug-likeness (QED) is 0.873. The van der Waals surface area contributed by atoms with Crippen LogP contribution in [0.4, 0.5) is 0 Å². The van der Waals surface area contributed by atoms with Crippen molar-refractivity contribution >= 4 is 17.7 Å². The summed E-state index contributed by atoms with van der Waals surface area (Å²) < 4.78 is 5.31. The lowest BCUT2D eigenvalue weighted by Crippen LogP contribution is -2.40. The number of pyridine rings is 1. The van der Waals surface area contributed by atoms with Crippen LogP contribution in [-0.4, -0.2) is 42.1 Å². The highest BCUT2D eigenvalue weighted by atomic mass is 32.2. The number of ether oxygens (including phenoxy) is 1. The Morgan fingerprint density at radius 3 is 2.64 bits per heavy atom. The van der Waals surface area contributed by atoms with E-state index in [1.807, 2.05) is 17.0 Å². The summed E-state index contributed by atoms with van der Waals surface area (Å²) in [5.41, 5.74) is 1.88. The Balaban J connectivity index is 1.82. The molecule has 0 saturated carbocycles. The van der Waals surface area contributed by atoms with Gasteiger partial charge in [0, 0.05) is 24.2 Å². The third kappa shape index (κ3) is 3.48. The number of carbonyl (C=O) groups is 1. The minimum Gasteiger partial charge on any atom is -0.378 e. The van der Waals surface area contributed by atoms with E-state index in [0.29, 0.717) is 31.9 Å². The van der Waals surface area contributed by atoms with Crippen molar-refractivity contribution in [3.63, 3.8) is 0 Å². The zero-order valence-electron chi connectivity index (χ0n) is 12.5. The first kappa shape index (κ1) is 15.1. The summed E-state index contributed by atoms with van der Waals surface area (Å²) in [6, 6.07) is 11.9. The molecule has 0 atom stereocenters. The van der Waals surface area contributed by atoms with Crippen LogP contribution in [0.5, 0.6) is 0 Å². The number of hydrogen-bond donors (Lipinski definition) is 0. The molecule has 1 fully saturated rings. The van der Waals surface area contributed by atoms with E-state index in [1.165, 1.54) is 17.3 Å². The van der Waals surface area contributed by atoms with Crippen molar-refractivity contribution in [3.8, 4) is 0 Å². The molecule has 5 heteroatoms. The molecular formula is C17H18N2O2S. The number of hydrogen-bond acceptors (Lipinski definition) is 4. The van der Waals surface area contributed by atoms with Crippen molar-refractivity contribution in [1.29, 1.82) is 0 Å². The molecule has 0 N–H and O–H groups in total. The normalized spacial score (nSPS) is 14.9. The lowest BCUT2D eigenvalue weighted by atomic mass is 10.2. The average molecular weight is 314 g/mol. The first-order valence-electron chi connectivity index (χ1n) is 7.30. The van der Waals surface area contributed by atoms with E-state index < -0.39 is 0 Å². The van der Waals surface area contributed by atoms with Crippen molar-refractivity contribution in [2.75, 3.05) is 26.3 Å². The molecule has 2 heterocycles. The van der Waals surface area contributed by atoms with Gasteiger partial charge in [0.15, 0.2) is 0 Å². The summed E-state index contributed by atoms with van der Waals surface area (Å²) in [6.07, 6.45) is 1.73. The molecule has 1 amide bonds. The monoisotopic (exact) mass is 314 g/mol. The molecule has 2 aromatic rings. The fourth-order valence-electron chi connectivity index (χ4n) is 2.29. The molecule has 3 rings (SSSR count). The van der Waals surface area contributed by atoms with Crippen LogP contribution < -0.4 is 0 Å². The molecule has 1 aliphatic heterocycles. The molecule has 1 saturated heterocycles. The Kier molecular flexibility index (Phi) is 4.75. The van der Waals surface area contributed by atoms with Crippen LogP contribution in [0.25, 0.3) is 0 Å². The zero-order valence-corrected chi connectivity index (χ0v) is 13.3. The van der Waals surface area contributed by atoms with Crippen LogP contribution in [0.3, 0.4) is 0 Å². The summed E-state index contributed by atoms with van der Waals surface area (Å²) in [5, 5.41) is 0.753. The van der Waals surface area contributed by atoms with Crippen LogP contribution in [0.1, 0.15) is 15.9 Å². The smallest absolute Gasteiger partial charge is 0.256 e. The van der Waals surface area contributed by atoms with Gasteiger partial charge in [0.25, 0.3) is 5.91 Å². The van der Waals surface area contributed by atoms with Gasteiger partial charge in [-0.15, -0.1) is 0 Å². The molecule has 0 spiro atoms. The van der Waals surface area contributed by atoms with Gasteiger partial charge in [0.1, 0.15) is 5.03 Å². The van der Waals surface area contributed by atoms with E-state index in [4.69, 9.17) is 4.74 Å². The maximum Gasteiger partial charge on any atom is 0.256 e. The molecule has 22 heavy (non-hydrogen) atoms. The topological polar surface area (TPSA) is 42.4 Å². The maximum atomic E-state index is 12.7.